The maximum Gasteiger partial charge on any atom is 0.407 e. The van der Waals surface area contributed by atoms with E-state index < -0.39 is 15.9 Å². The minimum absolute atomic E-state index is 0.0328. The van der Waals surface area contributed by atoms with E-state index in [-0.39, 0.29) is 35.6 Å². The van der Waals surface area contributed by atoms with Crippen LogP contribution < -0.4 is 10.2 Å². The number of nitrogens with zero attached hydrogens (tertiary/aromatic N) is 2. The molecule has 36 heavy (non-hydrogen) atoms. The van der Waals surface area contributed by atoms with Gasteiger partial charge in [0.05, 0.1) is 23.7 Å². The highest BCUT2D eigenvalue weighted by atomic mass is 32.2. The molecule has 9 heteroatoms. The van der Waals surface area contributed by atoms with Crippen LogP contribution in [0.2, 0.25) is 0 Å². The summed E-state index contributed by atoms with van der Waals surface area (Å²) in [6.45, 7) is 9.01. The Labute approximate surface area is 213 Å². The van der Waals surface area contributed by atoms with Crippen molar-refractivity contribution in [3.05, 3.63) is 53.6 Å². The molecule has 1 N–H and O–H groups in total. The summed E-state index contributed by atoms with van der Waals surface area (Å²) in [7, 11) is -2.89. The van der Waals surface area contributed by atoms with Gasteiger partial charge in [-0.2, -0.15) is 0 Å². The Hall–Kier alpha value is -2.91. The summed E-state index contributed by atoms with van der Waals surface area (Å²) in [5, 5.41) is 2.99. The fourth-order valence-corrected chi connectivity index (χ4v) is 6.30. The van der Waals surface area contributed by atoms with Gasteiger partial charge in [-0.15, -0.1) is 0 Å². The zero-order valence-corrected chi connectivity index (χ0v) is 22.2. The Balaban J connectivity index is 1.56. The lowest BCUT2D eigenvalue weighted by Gasteiger charge is -2.39. The summed E-state index contributed by atoms with van der Waals surface area (Å²) < 4.78 is 28.7. The quantitative estimate of drug-likeness (QED) is 0.651. The highest BCUT2D eigenvalue weighted by Crippen LogP contribution is 2.39. The lowest BCUT2D eigenvalue weighted by Crippen LogP contribution is -2.45. The molecule has 0 aromatic heterocycles. The SMILES string of the molecule is CC(=O)N1c2ccc(-c3ccc(CN4CCS(=O)(=O)CC4)cc3)cc2[C@@H](NC(=O)OC(C)C)C[C@H]1C. The predicted octanol–water partition coefficient (Wildman–Crippen LogP) is 3.90. The third-order valence-corrected chi connectivity index (χ3v) is 8.39. The summed E-state index contributed by atoms with van der Waals surface area (Å²) >= 11 is 0. The fourth-order valence-electron chi connectivity index (χ4n) is 5.02. The number of rotatable bonds is 5. The van der Waals surface area contributed by atoms with Gasteiger partial charge >= 0.3 is 6.09 Å². The van der Waals surface area contributed by atoms with Crippen molar-refractivity contribution in [2.24, 2.45) is 0 Å². The van der Waals surface area contributed by atoms with Crippen LogP contribution >= 0.6 is 0 Å². The van der Waals surface area contributed by atoms with Crippen molar-refractivity contribution < 1.29 is 22.7 Å². The number of carbonyl (C=O) groups is 2. The van der Waals surface area contributed by atoms with Crippen LogP contribution in [-0.4, -0.2) is 62.1 Å². The monoisotopic (exact) mass is 513 g/mol. The average molecular weight is 514 g/mol. The van der Waals surface area contributed by atoms with Crippen LogP contribution in [0.3, 0.4) is 0 Å². The van der Waals surface area contributed by atoms with E-state index >= 15 is 0 Å². The van der Waals surface area contributed by atoms with Gasteiger partial charge in [0, 0.05) is 38.3 Å². The zero-order valence-electron chi connectivity index (χ0n) is 21.4. The third-order valence-electron chi connectivity index (χ3n) is 6.78. The molecule has 0 aliphatic carbocycles. The fraction of sp³-hybridized carbons (Fsp3) is 0.481. The first-order valence-corrected chi connectivity index (χ1v) is 14.3. The molecule has 1 saturated heterocycles. The summed E-state index contributed by atoms with van der Waals surface area (Å²) in [5.74, 6) is 0.404. The maximum atomic E-state index is 12.4. The Bertz CT molecular complexity index is 1210. The molecular weight excluding hydrogens is 478 g/mol. The van der Waals surface area contributed by atoms with E-state index in [4.69, 9.17) is 4.74 Å². The highest BCUT2D eigenvalue weighted by molar-refractivity contribution is 7.91. The van der Waals surface area contributed by atoms with E-state index in [0.29, 0.717) is 19.5 Å². The number of anilines is 1. The van der Waals surface area contributed by atoms with Gasteiger partial charge in [-0.1, -0.05) is 30.3 Å². The molecule has 2 aliphatic heterocycles. The highest BCUT2D eigenvalue weighted by Gasteiger charge is 2.34. The Morgan fingerprint density at radius 2 is 1.69 bits per heavy atom. The molecular formula is C27H35N3O5S. The van der Waals surface area contributed by atoms with E-state index in [9.17, 15) is 18.0 Å². The van der Waals surface area contributed by atoms with Gasteiger partial charge in [0.1, 0.15) is 0 Å². The summed E-state index contributed by atoms with van der Waals surface area (Å²) in [6.07, 6.45) is -0.101. The minimum Gasteiger partial charge on any atom is -0.447 e. The minimum atomic E-state index is -2.89. The standard InChI is InChI=1S/C27H35N3O5S/c1-18(2)35-27(32)28-25-15-19(3)30(20(4)31)26-10-9-23(16-24(25)26)22-7-5-21(6-8-22)17-29-11-13-36(33,34)14-12-29/h5-10,16,18-19,25H,11-15,17H2,1-4H3,(H,28,32)/t19-,25+/m1/s1. The molecule has 4 rings (SSSR count). The van der Waals surface area contributed by atoms with Crippen molar-refractivity contribution in [2.45, 2.75) is 58.8 Å². The second kappa shape index (κ2) is 10.6. The number of hydrogen-bond acceptors (Lipinski definition) is 6. The topological polar surface area (TPSA) is 96.0 Å². The first kappa shape index (κ1) is 26.2. The van der Waals surface area contributed by atoms with Crippen LogP contribution in [0.1, 0.15) is 51.3 Å². The Morgan fingerprint density at radius 1 is 1.06 bits per heavy atom. The molecule has 194 valence electrons. The maximum absolute atomic E-state index is 12.4. The lowest BCUT2D eigenvalue weighted by atomic mass is 9.89. The van der Waals surface area contributed by atoms with Crippen molar-refractivity contribution in [2.75, 3.05) is 29.5 Å². The largest absolute Gasteiger partial charge is 0.447 e. The number of fused-ring (bicyclic) bond motifs is 1. The molecule has 2 amide bonds. The molecule has 2 atom stereocenters. The van der Waals surface area contributed by atoms with Gasteiger partial charge in [0.25, 0.3) is 0 Å². The normalized spacial score (nSPS) is 21.6. The summed E-state index contributed by atoms with van der Waals surface area (Å²) in [4.78, 5) is 28.8. The number of nitrogens with one attached hydrogen (secondary N) is 1. The molecule has 8 nitrogen and oxygen atoms in total. The first-order valence-electron chi connectivity index (χ1n) is 12.5. The van der Waals surface area contributed by atoms with Crippen LogP contribution in [-0.2, 0) is 25.9 Å². The van der Waals surface area contributed by atoms with Crippen molar-refractivity contribution >= 4 is 27.5 Å². The molecule has 0 bridgehead atoms. The van der Waals surface area contributed by atoms with Crippen molar-refractivity contribution in [3.63, 3.8) is 0 Å². The van der Waals surface area contributed by atoms with E-state index in [2.05, 4.69) is 34.5 Å². The van der Waals surface area contributed by atoms with Gasteiger partial charge in [-0.05, 0) is 61.6 Å². The first-order chi connectivity index (χ1) is 17.0. The molecule has 2 aromatic carbocycles. The molecule has 0 unspecified atom stereocenters. The van der Waals surface area contributed by atoms with Crippen LogP contribution in [0.15, 0.2) is 42.5 Å². The van der Waals surface area contributed by atoms with E-state index in [1.54, 1.807) is 11.8 Å². The third kappa shape index (κ3) is 6.07. The smallest absolute Gasteiger partial charge is 0.407 e. The van der Waals surface area contributed by atoms with E-state index in [1.807, 2.05) is 39.0 Å². The predicted molar refractivity (Wildman–Crippen MR) is 141 cm³/mol. The number of benzene rings is 2. The van der Waals surface area contributed by atoms with Crippen LogP contribution in [0.4, 0.5) is 10.5 Å². The number of ether oxygens (including phenoxy) is 1. The number of hydrogen-bond donors (Lipinski definition) is 1. The number of alkyl carbamates (subject to hydrolysis) is 1. The summed E-state index contributed by atoms with van der Waals surface area (Å²) in [5.41, 5.74) is 4.84. The number of carbonyl (C=O) groups excluding carboxylic acids is 2. The van der Waals surface area contributed by atoms with Gasteiger partial charge in [-0.25, -0.2) is 13.2 Å². The average Bonchev–Trinajstić information content (AvgIpc) is 2.80. The molecule has 0 radical (unpaired) electrons. The molecule has 2 aromatic rings. The van der Waals surface area contributed by atoms with Crippen LogP contribution in [0.25, 0.3) is 11.1 Å². The van der Waals surface area contributed by atoms with Crippen molar-refractivity contribution in [1.82, 2.24) is 10.2 Å². The molecule has 1 fully saturated rings. The lowest BCUT2D eigenvalue weighted by molar-refractivity contribution is -0.117. The van der Waals surface area contributed by atoms with E-state index in [1.165, 1.54) is 0 Å². The van der Waals surface area contributed by atoms with Crippen molar-refractivity contribution in [3.8, 4) is 11.1 Å². The van der Waals surface area contributed by atoms with Gasteiger partial charge in [-0.3, -0.25) is 9.69 Å². The zero-order chi connectivity index (χ0) is 26.0. The van der Waals surface area contributed by atoms with Gasteiger partial charge < -0.3 is 15.0 Å². The van der Waals surface area contributed by atoms with E-state index in [0.717, 1.165) is 34.5 Å². The molecule has 2 aliphatic rings. The number of amides is 2. The molecule has 0 spiro atoms. The Morgan fingerprint density at radius 3 is 2.31 bits per heavy atom. The number of sulfone groups is 1. The van der Waals surface area contributed by atoms with Crippen molar-refractivity contribution in [1.29, 1.82) is 0 Å². The molecule has 0 saturated carbocycles. The van der Waals surface area contributed by atoms with Gasteiger partial charge in [0.2, 0.25) is 5.91 Å². The molecule has 2 heterocycles. The Kier molecular flexibility index (Phi) is 7.70. The second-order valence-corrected chi connectivity index (χ2v) is 12.3. The summed E-state index contributed by atoms with van der Waals surface area (Å²) in [6, 6.07) is 13.9. The second-order valence-electron chi connectivity index (χ2n) is 10.0. The van der Waals surface area contributed by atoms with Crippen LogP contribution in [0, 0.1) is 0 Å². The van der Waals surface area contributed by atoms with Gasteiger partial charge in [0.15, 0.2) is 9.84 Å². The van der Waals surface area contributed by atoms with Crippen LogP contribution in [0.5, 0.6) is 0 Å².